The largest absolute Gasteiger partial charge is 0.456 e. The molecule has 34 heavy (non-hydrogen) atoms. The number of carbonyl (C=O) groups excluding carboxylic acids is 2. The van der Waals surface area contributed by atoms with Crippen LogP contribution in [-0.2, 0) is 14.3 Å². The fourth-order valence-electron chi connectivity index (χ4n) is 6.12. The van der Waals surface area contributed by atoms with E-state index in [1.54, 1.807) is 18.0 Å². The predicted molar refractivity (Wildman–Crippen MR) is 115 cm³/mol. The fraction of sp³-hybridized carbons (Fsp3) is 0.591. The van der Waals surface area contributed by atoms with Gasteiger partial charge in [-0.1, -0.05) is 0 Å². The molecule has 2 unspecified atom stereocenters. The summed E-state index contributed by atoms with van der Waals surface area (Å²) in [5, 5.41) is 21.8. The first kappa shape index (κ1) is 21.3. The number of cyclic esters (lactones) is 1. The van der Waals surface area contributed by atoms with Gasteiger partial charge >= 0.3 is 5.97 Å². The molecule has 0 aromatic carbocycles. The number of aromatic nitrogens is 6. The van der Waals surface area contributed by atoms with E-state index >= 15 is 0 Å². The smallest absolute Gasteiger partial charge is 0.336 e. The Morgan fingerprint density at radius 3 is 2.62 bits per heavy atom. The lowest BCUT2D eigenvalue weighted by molar-refractivity contribution is -0.140. The van der Waals surface area contributed by atoms with Crippen molar-refractivity contribution in [1.29, 1.82) is 0 Å². The highest BCUT2D eigenvalue weighted by molar-refractivity contribution is 5.94. The van der Waals surface area contributed by atoms with Crippen molar-refractivity contribution in [2.24, 2.45) is 5.41 Å². The van der Waals surface area contributed by atoms with Gasteiger partial charge in [0.05, 0.1) is 34.8 Å². The number of ether oxygens (including phenoxy) is 1. The zero-order valence-corrected chi connectivity index (χ0v) is 18.9. The van der Waals surface area contributed by atoms with E-state index in [9.17, 15) is 14.7 Å². The summed E-state index contributed by atoms with van der Waals surface area (Å²) >= 11 is 0. The van der Waals surface area contributed by atoms with Gasteiger partial charge in [-0.15, -0.1) is 5.10 Å². The maximum absolute atomic E-state index is 13.5. The summed E-state index contributed by atoms with van der Waals surface area (Å²) in [4.78, 5) is 38.1. The van der Waals surface area contributed by atoms with Gasteiger partial charge in [-0.25, -0.2) is 9.78 Å². The Labute approximate surface area is 195 Å². The number of piperidine rings is 1. The molecule has 178 valence electrons. The predicted octanol–water partition coefficient (Wildman–Crippen LogP) is 0.162. The fourth-order valence-corrected chi connectivity index (χ4v) is 6.12. The summed E-state index contributed by atoms with van der Waals surface area (Å²) < 4.78 is 6.54. The number of carbonyl (C=O) groups is 2. The second-order valence-corrected chi connectivity index (χ2v) is 9.69. The second kappa shape index (κ2) is 7.91. The first-order valence-electron chi connectivity index (χ1n) is 11.6. The van der Waals surface area contributed by atoms with Crippen LogP contribution < -0.4 is 0 Å². The molecule has 0 aliphatic carbocycles. The van der Waals surface area contributed by atoms with E-state index in [2.05, 4.69) is 30.4 Å². The number of hydrogen-bond donors (Lipinski definition) is 1. The Morgan fingerprint density at radius 2 is 2.00 bits per heavy atom. The minimum atomic E-state index is -0.780. The number of tetrazole rings is 1. The molecule has 3 atom stereocenters. The molecule has 0 saturated carbocycles. The van der Waals surface area contributed by atoms with Crippen LogP contribution >= 0.6 is 0 Å². The van der Waals surface area contributed by atoms with E-state index in [4.69, 9.17) is 4.74 Å². The summed E-state index contributed by atoms with van der Waals surface area (Å²) in [5.74, 6) is 0.271. The van der Waals surface area contributed by atoms with E-state index in [0.717, 1.165) is 37.8 Å². The highest BCUT2D eigenvalue weighted by Crippen LogP contribution is 2.52. The van der Waals surface area contributed by atoms with Crippen molar-refractivity contribution in [3.63, 3.8) is 0 Å². The lowest BCUT2D eigenvalue weighted by atomic mass is 9.73. The van der Waals surface area contributed by atoms with Gasteiger partial charge in [-0.3, -0.25) is 14.7 Å². The van der Waals surface area contributed by atoms with Crippen LogP contribution in [0.1, 0.15) is 50.8 Å². The van der Waals surface area contributed by atoms with Gasteiger partial charge < -0.3 is 14.7 Å². The molecule has 3 saturated heterocycles. The molecule has 6 rings (SSSR count). The molecule has 12 nitrogen and oxygen atoms in total. The molecule has 1 N–H and O–H groups in total. The molecule has 0 radical (unpaired) electrons. The molecule has 12 heteroatoms. The van der Waals surface area contributed by atoms with Gasteiger partial charge in [-0.2, -0.15) is 4.68 Å². The Morgan fingerprint density at radius 1 is 1.21 bits per heavy atom. The lowest BCUT2D eigenvalue weighted by Crippen LogP contribution is -2.51. The lowest BCUT2D eigenvalue weighted by Gasteiger charge is -2.44. The Bertz CT molecular complexity index is 1130. The molecular formula is C22H26N8O4. The van der Waals surface area contributed by atoms with Crippen LogP contribution in [0.4, 0.5) is 0 Å². The summed E-state index contributed by atoms with van der Waals surface area (Å²) in [6, 6.07) is 0.476. The molecule has 1 amide bonds. The van der Waals surface area contributed by atoms with Crippen molar-refractivity contribution in [3.8, 4) is 5.82 Å². The van der Waals surface area contributed by atoms with Gasteiger partial charge in [0, 0.05) is 25.2 Å². The number of aliphatic hydroxyl groups is 1. The highest BCUT2D eigenvalue weighted by atomic mass is 16.5. The topological polar surface area (TPSA) is 139 Å². The van der Waals surface area contributed by atoms with Crippen LogP contribution in [0.5, 0.6) is 0 Å². The zero-order valence-electron chi connectivity index (χ0n) is 18.9. The number of hydrogen-bond acceptors (Lipinski definition) is 10. The molecule has 2 aromatic heterocycles. The summed E-state index contributed by atoms with van der Waals surface area (Å²) in [6.45, 7) is 3.00. The van der Waals surface area contributed by atoms with Crippen molar-refractivity contribution in [2.75, 3.05) is 19.7 Å². The first-order valence-corrected chi connectivity index (χ1v) is 11.6. The average molecular weight is 467 g/mol. The average Bonchev–Trinajstić information content (AvgIpc) is 3.60. The van der Waals surface area contributed by atoms with Gasteiger partial charge in [0.2, 0.25) is 5.91 Å². The van der Waals surface area contributed by atoms with E-state index in [0.29, 0.717) is 30.2 Å². The molecule has 2 bridgehead atoms. The van der Waals surface area contributed by atoms with E-state index in [1.807, 2.05) is 0 Å². The standard InChI is InChI=1S/C22H26N8O4/c1-13-17(11-34-20(13)32)28-5-4-22(21(28)33)6-14-2-3-15(7-22)29(14)10-18(31)16-8-24-19(9-23-16)30-12-25-26-27-30/h8-9,12,14-15,18,31H,2-7,10-11H2,1H3/t14?,15?,18-,22?/m0/s1. The SMILES string of the molecule is CC1=C(N2CCC3(CC4CCC(C3)N4C[C@H](O)c3cnc(-n4cnnn4)cn3)C2=O)COC1=O. The van der Waals surface area contributed by atoms with Crippen molar-refractivity contribution >= 4 is 11.9 Å². The molecule has 2 aromatic rings. The van der Waals surface area contributed by atoms with Crippen molar-refractivity contribution in [3.05, 3.63) is 35.7 Å². The normalized spacial score (nSPS) is 30.0. The third kappa shape index (κ3) is 3.31. The van der Waals surface area contributed by atoms with Gasteiger partial charge in [0.15, 0.2) is 5.82 Å². The Hall–Kier alpha value is -3.25. The van der Waals surface area contributed by atoms with E-state index in [1.165, 1.54) is 17.2 Å². The van der Waals surface area contributed by atoms with Crippen LogP contribution in [0.3, 0.4) is 0 Å². The van der Waals surface area contributed by atoms with Crippen LogP contribution in [0.2, 0.25) is 0 Å². The molecule has 6 heterocycles. The van der Waals surface area contributed by atoms with Crippen molar-refractivity contribution < 1.29 is 19.4 Å². The first-order chi connectivity index (χ1) is 16.4. The van der Waals surface area contributed by atoms with Gasteiger partial charge in [-0.05, 0) is 49.5 Å². The zero-order chi connectivity index (χ0) is 23.4. The van der Waals surface area contributed by atoms with Crippen LogP contribution in [-0.4, -0.2) is 88.7 Å². The number of rotatable bonds is 5. The monoisotopic (exact) mass is 466 g/mol. The number of amides is 1. The Kier molecular flexibility index (Phi) is 4.96. The Balaban J connectivity index is 1.14. The van der Waals surface area contributed by atoms with E-state index < -0.39 is 6.10 Å². The van der Waals surface area contributed by atoms with E-state index in [-0.39, 0.29) is 36.0 Å². The number of nitrogens with zero attached hydrogens (tertiary/aromatic N) is 8. The minimum absolute atomic E-state index is 0.126. The maximum Gasteiger partial charge on any atom is 0.336 e. The number of fused-ring (bicyclic) bond motifs is 2. The summed E-state index contributed by atoms with van der Waals surface area (Å²) in [6.07, 6.45) is 8.11. The van der Waals surface area contributed by atoms with Crippen LogP contribution in [0.25, 0.3) is 5.82 Å². The van der Waals surface area contributed by atoms with Crippen molar-refractivity contribution in [2.45, 2.75) is 57.2 Å². The summed E-state index contributed by atoms with van der Waals surface area (Å²) in [7, 11) is 0. The summed E-state index contributed by atoms with van der Waals surface area (Å²) in [5.41, 5.74) is 1.37. The minimum Gasteiger partial charge on any atom is -0.456 e. The third-order valence-electron chi connectivity index (χ3n) is 7.91. The second-order valence-electron chi connectivity index (χ2n) is 9.69. The molecule has 1 spiro atoms. The molecular weight excluding hydrogens is 440 g/mol. The van der Waals surface area contributed by atoms with Gasteiger partial charge in [0.25, 0.3) is 0 Å². The molecule has 4 aliphatic rings. The van der Waals surface area contributed by atoms with Gasteiger partial charge in [0.1, 0.15) is 19.0 Å². The number of esters is 1. The maximum atomic E-state index is 13.5. The van der Waals surface area contributed by atoms with Crippen molar-refractivity contribution in [1.82, 2.24) is 40.0 Å². The third-order valence-corrected chi connectivity index (χ3v) is 7.91. The number of aliphatic hydroxyl groups excluding tert-OH is 1. The van der Waals surface area contributed by atoms with Crippen LogP contribution in [0, 0.1) is 5.41 Å². The number of likely N-dealkylation sites (tertiary alicyclic amines) is 1. The van der Waals surface area contributed by atoms with Crippen LogP contribution in [0.15, 0.2) is 30.0 Å². The molecule has 3 fully saturated rings. The highest BCUT2D eigenvalue weighted by Gasteiger charge is 2.56. The quantitative estimate of drug-likeness (QED) is 0.606. The molecule has 4 aliphatic heterocycles.